The zero-order chi connectivity index (χ0) is 13.4. The Morgan fingerprint density at radius 2 is 2.05 bits per heavy atom. The lowest BCUT2D eigenvalue weighted by Crippen LogP contribution is -2.27. The summed E-state index contributed by atoms with van der Waals surface area (Å²) in [5, 5.41) is 0.568. The number of aryl methyl sites for hydroxylation is 1. The van der Waals surface area contributed by atoms with Crippen LogP contribution in [0.5, 0.6) is 0 Å². The smallest absolute Gasteiger partial charge is 0.258 e. The number of fused-ring (bicyclic) bond motifs is 3. The molecule has 0 saturated heterocycles. The number of nitrogens with zero attached hydrogens (tertiary/aromatic N) is 2. The highest BCUT2D eigenvalue weighted by atomic mass is 16.2. The van der Waals surface area contributed by atoms with E-state index in [4.69, 9.17) is 0 Å². The van der Waals surface area contributed by atoms with Crippen molar-refractivity contribution in [2.75, 3.05) is 11.9 Å². The maximum absolute atomic E-state index is 12.3. The molecule has 2 aromatic rings. The third-order valence-electron chi connectivity index (χ3n) is 4.28. The van der Waals surface area contributed by atoms with Crippen LogP contribution in [0.2, 0.25) is 0 Å². The first-order chi connectivity index (χ1) is 9.03. The van der Waals surface area contributed by atoms with E-state index in [2.05, 4.69) is 9.97 Å². The van der Waals surface area contributed by atoms with Crippen LogP contribution in [0.1, 0.15) is 24.2 Å². The van der Waals surface area contributed by atoms with Crippen molar-refractivity contribution in [3.8, 4) is 0 Å². The van der Waals surface area contributed by atoms with Gasteiger partial charge in [-0.2, -0.15) is 0 Å². The Hall–Kier alpha value is -2.17. The van der Waals surface area contributed by atoms with E-state index in [1.54, 1.807) is 18.9 Å². The van der Waals surface area contributed by atoms with Crippen molar-refractivity contribution in [3.63, 3.8) is 0 Å². The monoisotopic (exact) mass is 255 g/mol. The van der Waals surface area contributed by atoms with Crippen LogP contribution in [0.15, 0.2) is 16.9 Å². The minimum Gasteiger partial charge on any atom is -0.314 e. The molecule has 2 aliphatic rings. The molecule has 0 radical (unpaired) electrons. The molecule has 0 bridgehead atoms. The van der Waals surface area contributed by atoms with E-state index in [-0.39, 0.29) is 16.9 Å². The first-order valence-corrected chi connectivity index (χ1v) is 6.36. The fourth-order valence-electron chi connectivity index (χ4n) is 3.11. The van der Waals surface area contributed by atoms with Crippen LogP contribution in [0, 0.1) is 6.92 Å². The Morgan fingerprint density at radius 1 is 1.32 bits per heavy atom. The predicted octanol–water partition coefficient (Wildman–Crippen LogP) is 1.24. The van der Waals surface area contributed by atoms with Crippen LogP contribution < -0.4 is 10.5 Å². The van der Waals surface area contributed by atoms with Crippen LogP contribution in [0.25, 0.3) is 10.9 Å². The minimum atomic E-state index is -0.352. The maximum Gasteiger partial charge on any atom is 0.258 e. The number of carbonyl (C=O) groups is 1. The Labute approximate surface area is 109 Å². The number of likely N-dealkylation sites (N-methyl/N-ethyl adjacent to an activating group) is 1. The fourth-order valence-corrected chi connectivity index (χ4v) is 3.11. The van der Waals surface area contributed by atoms with Gasteiger partial charge in [0.05, 0.1) is 16.3 Å². The van der Waals surface area contributed by atoms with Gasteiger partial charge in [0, 0.05) is 12.7 Å². The van der Waals surface area contributed by atoms with Gasteiger partial charge in [-0.3, -0.25) is 9.59 Å². The van der Waals surface area contributed by atoms with Crippen molar-refractivity contribution in [2.45, 2.75) is 25.2 Å². The first-order valence-electron chi connectivity index (χ1n) is 6.36. The van der Waals surface area contributed by atoms with Gasteiger partial charge in [-0.05, 0) is 37.5 Å². The lowest BCUT2D eigenvalue weighted by Gasteiger charge is -2.10. The van der Waals surface area contributed by atoms with Gasteiger partial charge in [-0.15, -0.1) is 0 Å². The van der Waals surface area contributed by atoms with E-state index >= 15 is 0 Å². The van der Waals surface area contributed by atoms with E-state index in [1.165, 1.54) is 0 Å². The topological polar surface area (TPSA) is 66.1 Å². The van der Waals surface area contributed by atoms with Crippen molar-refractivity contribution >= 4 is 22.5 Å². The lowest BCUT2D eigenvalue weighted by molar-refractivity contribution is -0.119. The van der Waals surface area contributed by atoms with Gasteiger partial charge in [0.25, 0.3) is 5.56 Å². The molecule has 5 nitrogen and oxygen atoms in total. The third kappa shape index (κ3) is 1.17. The second-order valence-electron chi connectivity index (χ2n) is 5.48. The molecule has 1 amide bonds. The Morgan fingerprint density at radius 3 is 2.74 bits per heavy atom. The molecule has 1 aromatic carbocycles. The highest BCUT2D eigenvalue weighted by molar-refractivity contribution is 6.11. The van der Waals surface area contributed by atoms with E-state index < -0.39 is 0 Å². The number of hydrogen-bond acceptors (Lipinski definition) is 3. The molecule has 1 N–H and O–H groups in total. The Bertz CT molecular complexity index is 802. The molecule has 5 heteroatoms. The van der Waals surface area contributed by atoms with Crippen molar-refractivity contribution in [3.05, 3.63) is 33.9 Å². The summed E-state index contributed by atoms with van der Waals surface area (Å²) in [6, 6.07) is 3.71. The standard InChI is InChI=1S/C14H13N3O2/c1-7-15-10-6-11-9(5-8(10)12(18)16-7)14(3-4-14)13(19)17(11)2/h5-6H,3-4H2,1-2H3,(H,15,16,18). The molecule has 1 saturated carbocycles. The van der Waals surface area contributed by atoms with Crippen LogP contribution in [-0.4, -0.2) is 22.9 Å². The summed E-state index contributed by atoms with van der Waals surface area (Å²) in [6.07, 6.45) is 1.76. The number of rotatable bonds is 0. The van der Waals surface area contributed by atoms with Crippen LogP contribution in [-0.2, 0) is 10.2 Å². The van der Waals surface area contributed by atoms with Gasteiger partial charge in [0.2, 0.25) is 5.91 Å². The minimum absolute atomic E-state index is 0.136. The number of anilines is 1. The summed E-state index contributed by atoms with van der Waals surface area (Å²) >= 11 is 0. The number of amides is 1. The number of aromatic amines is 1. The molecular weight excluding hydrogens is 242 g/mol. The van der Waals surface area contributed by atoms with Gasteiger partial charge < -0.3 is 9.88 Å². The number of benzene rings is 1. The molecule has 2 heterocycles. The van der Waals surface area contributed by atoms with Crippen LogP contribution >= 0.6 is 0 Å². The number of nitrogens with one attached hydrogen (secondary N) is 1. The SMILES string of the molecule is Cc1nc2cc3c(cc2c(=O)[nH]1)C1(CC1)C(=O)N3C. The first kappa shape index (κ1) is 10.7. The largest absolute Gasteiger partial charge is 0.314 e. The summed E-state index contributed by atoms with van der Waals surface area (Å²) in [5.74, 6) is 0.733. The second kappa shape index (κ2) is 3.04. The summed E-state index contributed by atoms with van der Waals surface area (Å²) < 4.78 is 0. The Kier molecular flexibility index (Phi) is 1.72. The number of carbonyl (C=O) groups excluding carboxylic acids is 1. The van der Waals surface area contributed by atoms with Crippen molar-refractivity contribution in [1.29, 1.82) is 0 Å². The molecule has 0 unspecified atom stereocenters. The quantitative estimate of drug-likeness (QED) is 0.770. The fraction of sp³-hybridized carbons (Fsp3) is 0.357. The van der Waals surface area contributed by atoms with Crippen molar-refractivity contribution in [2.24, 2.45) is 0 Å². The Balaban J connectivity index is 2.11. The average molecular weight is 255 g/mol. The molecule has 1 spiro atoms. The molecule has 1 fully saturated rings. The zero-order valence-electron chi connectivity index (χ0n) is 10.8. The molecular formula is C14H13N3O2. The summed E-state index contributed by atoms with van der Waals surface area (Å²) in [4.78, 5) is 33.0. The van der Waals surface area contributed by atoms with Gasteiger partial charge in [-0.1, -0.05) is 0 Å². The normalized spacial score (nSPS) is 19.3. The zero-order valence-corrected chi connectivity index (χ0v) is 10.8. The summed E-state index contributed by atoms with van der Waals surface area (Å²) in [6.45, 7) is 1.76. The third-order valence-corrected chi connectivity index (χ3v) is 4.28. The second-order valence-corrected chi connectivity index (χ2v) is 5.48. The number of hydrogen-bond donors (Lipinski definition) is 1. The van der Waals surface area contributed by atoms with E-state index in [1.807, 2.05) is 12.1 Å². The molecule has 1 aromatic heterocycles. The van der Waals surface area contributed by atoms with E-state index in [0.29, 0.717) is 16.7 Å². The average Bonchev–Trinajstić information content (AvgIpc) is 3.13. The molecule has 1 aliphatic heterocycles. The van der Waals surface area contributed by atoms with Crippen molar-refractivity contribution in [1.82, 2.24) is 9.97 Å². The van der Waals surface area contributed by atoms with Crippen LogP contribution in [0.3, 0.4) is 0 Å². The lowest BCUT2D eigenvalue weighted by atomic mass is 9.96. The van der Waals surface area contributed by atoms with Gasteiger partial charge in [-0.25, -0.2) is 4.98 Å². The van der Waals surface area contributed by atoms with Gasteiger partial charge in [0.15, 0.2) is 0 Å². The van der Waals surface area contributed by atoms with Gasteiger partial charge in [0.1, 0.15) is 5.82 Å². The molecule has 1 aliphatic carbocycles. The summed E-state index contributed by atoms with van der Waals surface area (Å²) in [5.41, 5.74) is 2.05. The van der Waals surface area contributed by atoms with E-state index in [0.717, 1.165) is 24.1 Å². The van der Waals surface area contributed by atoms with E-state index in [9.17, 15) is 9.59 Å². The molecule has 96 valence electrons. The summed E-state index contributed by atoms with van der Waals surface area (Å²) in [7, 11) is 1.79. The molecule has 19 heavy (non-hydrogen) atoms. The highest BCUT2D eigenvalue weighted by Gasteiger charge is 2.58. The number of H-pyrrole nitrogens is 1. The predicted molar refractivity (Wildman–Crippen MR) is 71.4 cm³/mol. The van der Waals surface area contributed by atoms with Crippen molar-refractivity contribution < 1.29 is 4.79 Å². The molecule has 4 rings (SSSR count). The number of aromatic nitrogens is 2. The highest BCUT2D eigenvalue weighted by Crippen LogP contribution is 2.57. The molecule has 0 atom stereocenters. The van der Waals surface area contributed by atoms with Gasteiger partial charge >= 0.3 is 0 Å². The van der Waals surface area contributed by atoms with Crippen LogP contribution in [0.4, 0.5) is 5.69 Å². The maximum atomic E-state index is 12.3.